The minimum Gasteiger partial charge on any atom is -0.334 e. The topological polar surface area (TPSA) is 87.2 Å². The molecule has 4 rings (SSSR count). The Kier molecular flexibility index (Phi) is 8.77. The van der Waals surface area contributed by atoms with Gasteiger partial charge in [0, 0.05) is 31.6 Å². The first kappa shape index (κ1) is 25.1. The highest BCUT2D eigenvalue weighted by atomic mass is 32.1. The first-order chi connectivity index (χ1) is 17.6. The van der Waals surface area contributed by atoms with Gasteiger partial charge in [-0.05, 0) is 30.5 Å². The van der Waals surface area contributed by atoms with Crippen LogP contribution in [0.4, 0.5) is 9.93 Å². The molecule has 3 aromatic carbocycles. The highest BCUT2D eigenvalue weighted by Crippen LogP contribution is 2.26. The van der Waals surface area contributed by atoms with Gasteiger partial charge in [-0.15, -0.1) is 10.2 Å². The highest BCUT2D eigenvalue weighted by molar-refractivity contribution is 7.18. The molecule has 0 saturated heterocycles. The number of nitrogens with one attached hydrogen (secondary N) is 2. The molecule has 36 heavy (non-hydrogen) atoms. The summed E-state index contributed by atoms with van der Waals surface area (Å²) in [6, 6.07) is 27.6. The van der Waals surface area contributed by atoms with Crippen LogP contribution >= 0.6 is 11.3 Å². The van der Waals surface area contributed by atoms with Crippen LogP contribution in [0.5, 0.6) is 0 Å². The molecule has 2 N–H and O–H groups in total. The number of urea groups is 1. The monoisotopic (exact) mass is 499 g/mol. The second-order valence-corrected chi connectivity index (χ2v) is 9.42. The minimum absolute atomic E-state index is 0.160. The van der Waals surface area contributed by atoms with Crippen molar-refractivity contribution in [2.45, 2.75) is 26.3 Å². The molecule has 0 bridgehead atoms. The number of aromatic nitrogens is 2. The van der Waals surface area contributed by atoms with Gasteiger partial charge in [-0.3, -0.25) is 4.79 Å². The van der Waals surface area contributed by atoms with Gasteiger partial charge in [0.25, 0.3) is 0 Å². The van der Waals surface area contributed by atoms with Crippen molar-refractivity contribution < 1.29 is 9.59 Å². The molecule has 0 unspecified atom stereocenters. The summed E-state index contributed by atoms with van der Waals surface area (Å²) in [5.74, 6) is -0.206. The second-order valence-electron chi connectivity index (χ2n) is 8.45. The summed E-state index contributed by atoms with van der Waals surface area (Å²) in [7, 11) is 0. The van der Waals surface area contributed by atoms with Crippen LogP contribution in [0, 0.1) is 6.92 Å². The third-order valence-electron chi connectivity index (χ3n) is 5.63. The summed E-state index contributed by atoms with van der Waals surface area (Å²) in [5, 5.41) is 15.3. The fourth-order valence-corrected chi connectivity index (χ4v) is 4.45. The Morgan fingerprint density at radius 3 is 2.31 bits per heavy atom. The van der Waals surface area contributed by atoms with Gasteiger partial charge in [0.1, 0.15) is 5.01 Å². The van der Waals surface area contributed by atoms with Crippen molar-refractivity contribution in [3.8, 4) is 10.6 Å². The Balaban J connectivity index is 1.33. The molecule has 184 valence electrons. The van der Waals surface area contributed by atoms with Crippen molar-refractivity contribution in [1.29, 1.82) is 0 Å². The molecule has 1 aromatic heterocycles. The van der Waals surface area contributed by atoms with Gasteiger partial charge >= 0.3 is 6.03 Å². The van der Waals surface area contributed by atoms with Crippen molar-refractivity contribution in [3.63, 3.8) is 0 Å². The van der Waals surface area contributed by atoms with Crippen LogP contribution in [0.15, 0.2) is 84.9 Å². The number of carbonyl (C=O) groups excluding carboxylic acids is 2. The van der Waals surface area contributed by atoms with E-state index in [0.717, 1.165) is 27.3 Å². The number of carbonyl (C=O) groups is 2. The van der Waals surface area contributed by atoms with Crippen LogP contribution in [0.25, 0.3) is 10.6 Å². The standard InChI is InChI=1S/C28H29N5O2S/c1-21-9-8-14-24(19-21)26-31-32-27(36-26)30-25(34)16-18-33(17-15-22-10-4-2-5-11-22)28(35)29-20-23-12-6-3-7-13-23/h2-14,19H,15-18,20H2,1H3,(H,29,35)(H,30,32,34). The molecule has 0 radical (unpaired) electrons. The molecule has 3 amide bonds. The Bertz CT molecular complexity index is 1280. The number of rotatable bonds is 10. The van der Waals surface area contributed by atoms with Crippen LogP contribution in [0.2, 0.25) is 0 Å². The molecular formula is C28H29N5O2S. The number of hydrogen-bond acceptors (Lipinski definition) is 5. The van der Waals surface area contributed by atoms with E-state index in [1.54, 1.807) is 4.90 Å². The lowest BCUT2D eigenvalue weighted by Crippen LogP contribution is -2.42. The zero-order chi connectivity index (χ0) is 25.2. The Morgan fingerprint density at radius 2 is 1.58 bits per heavy atom. The van der Waals surface area contributed by atoms with E-state index in [2.05, 4.69) is 20.8 Å². The third kappa shape index (κ3) is 7.48. The predicted molar refractivity (Wildman–Crippen MR) is 144 cm³/mol. The van der Waals surface area contributed by atoms with Crippen LogP contribution in [-0.4, -0.2) is 40.1 Å². The van der Waals surface area contributed by atoms with E-state index in [4.69, 9.17) is 0 Å². The van der Waals surface area contributed by atoms with Crippen molar-refractivity contribution in [2.75, 3.05) is 18.4 Å². The lowest BCUT2D eigenvalue weighted by Gasteiger charge is -2.23. The van der Waals surface area contributed by atoms with E-state index in [-0.39, 0.29) is 18.4 Å². The quantitative estimate of drug-likeness (QED) is 0.310. The van der Waals surface area contributed by atoms with Gasteiger partial charge in [0.2, 0.25) is 11.0 Å². The largest absolute Gasteiger partial charge is 0.334 e. The van der Waals surface area contributed by atoms with E-state index in [9.17, 15) is 9.59 Å². The summed E-state index contributed by atoms with van der Waals surface area (Å²) in [6.45, 7) is 3.25. The van der Waals surface area contributed by atoms with Gasteiger partial charge in [-0.25, -0.2) is 4.79 Å². The number of nitrogens with zero attached hydrogens (tertiary/aromatic N) is 3. The van der Waals surface area contributed by atoms with Crippen LogP contribution in [0.3, 0.4) is 0 Å². The first-order valence-electron chi connectivity index (χ1n) is 11.9. The molecule has 0 fully saturated rings. The Hall–Kier alpha value is -4.04. The number of benzene rings is 3. The molecule has 0 aliphatic carbocycles. The summed E-state index contributed by atoms with van der Waals surface area (Å²) < 4.78 is 0. The van der Waals surface area contributed by atoms with Gasteiger partial charge in [0.05, 0.1) is 0 Å². The molecule has 0 spiro atoms. The molecule has 0 atom stereocenters. The minimum atomic E-state index is -0.206. The maximum Gasteiger partial charge on any atom is 0.317 e. The molecule has 1 heterocycles. The fourth-order valence-electron chi connectivity index (χ4n) is 3.70. The van der Waals surface area contributed by atoms with E-state index >= 15 is 0 Å². The molecule has 0 aliphatic heterocycles. The fraction of sp³-hybridized carbons (Fsp3) is 0.214. The number of amides is 3. The Morgan fingerprint density at radius 1 is 0.861 bits per heavy atom. The van der Waals surface area contributed by atoms with Crippen molar-refractivity contribution in [2.24, 2.45) is 0 Å². The van der Waals surface area contributed by atoms with Crippen molar-refractivity contribution >= 4 is 28.4 Å². The van der Waals surface area contributed by atoms with Crippen LogP contribution in [0.1, 0.15) is 23.1 Å². The summed E-state index contributed by atoms with van der Waals surface area (Å²) in [4.78, 5) is 27.3. The van der Waals surface area contributed by atoms with Crippen LogP contribution in [-0.2, 0) is 17.8 Å². The van der Waals surface area contributed by atoms with Gasteiger partial charge in [0.15, 0.2) is 0 Å². The van der Waals surface area contributed by atoms with Gasteiger partial charge < -0.3 is 15.5 Å². The third-order valence-corrected chi connectivity index (χ3v) is 6.52. The van der Waals surface area contributed by atoms with E-state index in [0.29, 0.717) is 31.2 Å². The first-order valence-corrected chi connectivity index (χ1v) is 12.7. The van der Waals surface area contributed by atoms with Crippen LogP contribution < -0.4 is 10.6 Å². The zero-order valence-electron chi connectivity index (χ0n) is 20.2. The Labute approximate surface area is 215 Å². The van der Waals surface area contributed by atoms with Gasteiger partial charge in [-0.2, -0.15) is 0 Å². The maximum absolute atomic E-state index is 13.0. The summed E-state index contributed by atoms with van der Waals surface area (Å²) >= 11 is 1.33. The molecule has 0 aliphatic rings. The van der Waals surface area contributed by atoms with Gasteiger partial charge in [-0.1, -0.05) is 95.8 Å². The number of aryl methyl sites for hydroxylation is 1. The predicted octanol–water partition coefficient (Wildman–Crippen LogP) is 5.30. The molecule has 4 aromatic rings. The van der Waals surface area contributed by atoms with E-state index in [1.807, 2.05) is 91.9 Å². The number of hydrogen-bond donors (Lipinski definition) is 2. The lowest BCUT2D eigenvalue weighted by atomic mass is 10.1. The second kappa shape index (κ2) is 12.6. The van der Waals surface area contributed by atoms with Crippen molar-refractivity contribution in [1.82, 2.24) is 20.4 Å². The average molecular weight is 500 g/mol. The smallest absolute Gasteiger partial charge is 0.317 e. The number of anilines is 1. The summed E-state index contributed by atoms with van der Waals surface area (Å²) in [5.41, 5.74) is 4.26. The van der Waals surface area contributed by atoms with Crippen molar-refractivity contribution in [3.05, 3.63) is 102 Å². The molecule has 0 saturated carbocycles. The molecule has 7 nitrogen and oxygen atoms in total. The SMILES string of the molecule is Cc1cccc(-c2nnc(NC(=O)CCN(CCc3ccccc3)C(=O)NCc3ccccc3)s2)c1. The van der Waals surface area contributed by atoms with E-state index in [1.165, 1.54) is 11.3 Å². The highest BCUT2D eigenvalue weighted by Gasteiger charge is 2.16. The lowest BCUT2D eigenvalue weighted by molar-refractivity contribution is -0.116. The zero-order valence-corrected chi connectivity index (χ0v) is 21.0. The van der Waals surface area contributed by atoms with E-state index < -0.39 is 0 Å². The average Bonchev–Trinajstić information content (AvgIpc) is 3.37. The maximum atomic E-state index is 13.0. The summed E-state index contributed by atoms with van der Waals surface area (Å²) in [6.07, 6.45) is 0.865. The molecule has 8 heteroatoms. The normalized spacial score (nSPS) is 10.6. The molecular weight excluding hydrogens is 470 g/mol.